The molecule has 0 saturated carbocycles. The summed E-state index contributed by atoms with van der Waals surface area (Å²) in [5.74, 6) is 3.01. The predicted octanol–water partition coefficient (Wildman–Crippen LogP) is 0.806. The third-order valence-corrected chi connectivity index (χ3v) is 4.38. The van der Waals surface area contributed by atoms with E-state index in [0.29, 0.717) is 11.4 Å². The zero-order chi connectivity index (χ0) is 9.53. The summed E-state index contributed by atoms with van der Waals surface area (Å²) in [6.07, 6.45) is 1.18. The molecule has 0 amide bonds. The van der Waals surface area contributed by atoms with Crippen molar-refractivity contribution >= 4 is 17.7 Å². The Hall–Kier alpha value is -0.380. The largest absolute Gasteiger partial charge is 0.370 e. The monoisotopic (exact) mass is 199 g/mol. The quantitative estimate of drug-likeness (QED) is 0.607. The summed E-state index contributed by atoms with van der Waals surface area (Å²) in [6.45, 7) is 5.49. The van der Waals surface area contributed by atoms with Gasteiger partial charge >= 0.3 is 0 Å². The highest BCUT2D eigenvalue weighted by Crippen LogP contribution is 2.40. The number of nitrogens with one attached hydrogen (secondary N) is 1. The molecule has 0 aliphatic carbocycles. The minimum absolute atomic E-state index is 0.163. The van der Waals surface area contributed by atoms with Gasteiger partial charge in [-0.3, -0.25) is 4.99 Å². The molecule has 13 heavy (non-hydrogen) atoms. The van der Waals surface area contributed by atoms with Crippen molar-refractivity contribution in [2.75, 3.05) is 18.1 Å². The van der Waals surface area contributed by atoms with Gasteiger partial charge in [-0.25, -0.2) is 0 Å². The van der Waals surface area contributed by atoms with E-state index in [1.165, 1.54) is 12.2 Å². The van der Waals surface area contributed by atoms with E-state index in [2.05, 4.69) is 24.2 Å². The molecule has 0 radical (unpaired) electrons. The van der Waals surface area contributed by atoms with Crippen LogP contribution in [0.2, 0.25) is 0 Å². The zero-order valence-electron chi connectivity index (χ0n) is 8.26. The van der Waals surface area contributed by atoms with E-state index in [9.17, 15) is 0 Å². The molecule has 2 rings (SSSR count). The van der Waals surface area contributed by atoms with Crippen LogP contribution in [0.1, 0.15) is 20.3 Å². The Kier molecular flexibility index (Phi) is 1.98. The molecule has 2 heterocycles. The maximum Gasteiger partial charge on any atom is 0.189 e. The SMILES string of the molecule is CC1(C)CSCC2(CN=C(N)N2)C1. The van der Waals surface area contributed by atoms with Crippen molar-refractivity contribution < 1.29 is 0 Å². The molecule has 0 aromatic rings. The summed E-state index contributed by atoms with van der Waals surface area (Å²) in [5.41, 5.74) is 6.23. The Labute approximate surface area is 83.6 Å². The van der Waals surface area contributed by atoms with E-state index in [4.69, 9.17) is 5.73 Å². The summed E-state index contributed by atoms with van der Waals surface area (Å²) < 4.78 is 0. The van der Waals surface area contributed by atoms with Crippen LogP contribution in [0.4, 0.5) is 0 Å². The number of nitrogens with two attached hydrogens (primary N) is 1. The molecule has 3 nitrogen and oxygen atoms in total. The highest BCUT2D eigenvalue weighted by atomic mass is 32.2. The van der Waals surface area contributed by atoms with E-state index in [-0.39, 0.29) is 5.54 Å². The lowest BCUT2D eigenvalue weighted by molar-refractivity contribution is 0.263. The molecule has 1 saturated heterocycles. The molecule has 1 unspecified atom stereocenters. The van der Waals surface area contributed by atoms with Crippen LogP contribution in [0.5, 0.6) is 0 Å². The average molecular weight is 199 g/mol. The standard InChI is InChI=1S/C9H17N3S/c1-8(2)3-9(6-13-5-8)4-11-7(10)12-9/h3-6H2,1-2H3,(H3,10,11,12). The lowest BCUT2D eigenvalue weighted by Gasteiger charge is -2.41. The summed E-state index contributed by atoms with van der Waals surface area (Å²) in [6, 6.07) is 0. The van der Waals surface area contributed by atoms with E-state index < -0.39 is 0 Å². The number of guanidine groups is 1. The normalized spacial score (nSPS) is 37.2. The van der Waals surface area contributed by atoms with Gasteiger partial charge in [-0.05, 0) is 17.6 Å². The molecule has 0 bridgehead atoms. The Morgan fingerprint density at radius 2 is 2.23 bits per heavy atom. The molecule has 0 aromatic carbocycles. The fourth-order valence-corrected chi connectivity index (χ4v) is 3.72. The predicted molar refractivity (Wildman–Crippen MR) is 58.1 cm³/mol. The van der Waals surface area contributed by atoms with Crippen molar-refractivity contribution in [3.8, 4) is 0 Å². The lowest BCUT2D eigenvalue weighted by atomic mass is 9.80. The Morgan fingerprint density at radius 3 is 2.77 bits per heavy atom. The van der Waals surface area contributed by atoms with Crippen LogP contribution in [-0.2, 0) is 0 Å². The van der Waals surface area contributed by atoms with Crippen LogP contribution in [-0.4, -0.2) is 29.5 Å². The third-order valence-electron chi connectivity index (χ3n) is 2.63. The first kappa shape index (κ1) is 9.19. The van der Waals surface area contributed by atoms with Crippen LogP contribution in [0.3, 0.4) is 0 Å². The highest BCUT2D eigenvalue weighted by Gasteiger charge is 2.42. The van der Waals surface area contributed by atoms with Crippen LogP contribution >= 0.6 is 11.8 Å². The minimum atomic E-state index is 0.163. The van der Waals surface area contributed by atoms with Gasteiger partial charge in [0, 0.05) is 5.75 Å². The van der Waals surface area contributed by atoms with Gasteiger partial charge in [0.25, 0.3) is 0 Å². The van der Waals surface area contributed by atoms with E-state index in [0.717, 1.165) is 12.3 Å². The summed E-state index contributed by atoms with van der Waals surface area (Å²) in [4.78, 5) is 4.25. The molecule has 3 N–H and O–H groups in total. The van der Waals surface area contributed by atoms with Gasteiger partial charge in [-0.2, -0.15) is 11.8 Å². The first-order valence-corrected chi connectivity index (χ1v) is 5.83. The van der Waals surface area contributed by atoms with Crippen molar-refractivity contribution in [3.63, 3.8) is 0 Å². The van der Waals surface area contributed by atoms with Crippen LogP contribution in [0.25, 0.3) is 0 Å². The van der Waals surface area contributed by atoms with Gasteiger partial charge in [0.2, 0.25) is 0 Å². The first-order chi connectivity index (χ1) is 6.02. The maximum absolute atomic E-state index is 5.66. The van der Waals surface area contributed by atoms with Crippen molar-refractivity contribution in [1.82, 2.24) is 5.32 Å². The van der Waals surface area contributed by atoms with Crippen molar-refractivity contribution in [1.29, 1.82) is 0 Å². The van der Waals surface area contributed by atoms with Gasteiger partial charge in [-0.1, -0.05) is 13.8 Å². The average Bonchev–Trinajstić information content (AvgIpc) is 2.29. The van der Waals surface area contributed by atoms with Crippen molar-refractivity contribution in [3.05, 3.63) is 0 Å². The fraction of sp³-hybridized carbons (Fsp3) is 0.889. The summed E-state index contributed by atoms with van der Waals surface area (Å²) in [5, 5.41) is 3.33. The number of nitrogens with zero attached hydrogens (tertiary/aromatic N) is 1. The molecule has 0 aromatic heterocycles. The molecule has 1 fully saturated rings. The van der Waals surface area contributed by atoms with Gasteiger partial charge in [-0.15, -0.1) is 0 Å². The van der Waals surface area contributed by atoms with Gasteiger partial charge in [0.1, 0.15) is 0 Å². The molecule has 2 aliphatic rings. The second-order valence-electron chi connectivity index (χ2n) is 4.94. The number of rotatable bonds is 0. The van der Waals surface area contributed by atoms with Crippen molar-refractivity contribution in [2.24, 2.45) is 16.1 Å². The van der Waals surface area contributed by atoms with E-state index in [1.807, 2.05) is 11.8 Å². The zero-order valence-corrected chi connectivity index (χ0v) is 9.08. The van der Waals surface area contributed by atoms with Crippen molar-refractivity contribution in [2.45, 2.75) is 25.8 Å². The van der Waals surface area contributed by atoms with E-state index >= 15 is 0 Å². The van der Waals surface area contributed by atoms with Crippen LogP contribution in [0, 0.1) is 5.41 Å². The first-order valence-electron chi connectivity index (χ1n) is 4.67. The van der Waals surface area contributed by atoms with E-state index in [1.54, 1.807) is 0 Å². The fourth-order valence-electron chi connectivity index (χ4n) is 2.31. The van der Waals surface area contributed by atoms with Gasteiger partial charge in [0.15, 0.2) is 5.96 Å². The van der Waals surface area contributed by atoms with Crippen LogP contribution in [0.15, 0.2) is 4.99 Å². The smallest absolute Gasteiger partial charge is 0.189 e. The molecular formula is C9H17N3S. The lowest BCUT2D eigenvalue weighted by Crippen LogP contribution is -2.55. The molecular weight excluding hydrogens is 182 g/mol. The second kappa shape index (κ2) is 2.80. The Balaban J connectivity index is 2.09. The highest BCUT2D eigenvalue weighted by molar-refractivity contribution is 7.99. The number of hydrogen-bond acceptors (Lipinski definition) is 4. The maximum atomic E-state index is 5.66. The second-order valence-corrected chi connectivity index (χ2v) is 5.93. The summed E-state index contributed by atoms with van der Waals surface area (Å²) >= 11 is 2.01. The molecule has 1 atom stereocenters. The number of aliphatic imine (C=N–C) groups is 1. The molecule has 4 heteroatoms. The number of thioether (sulfide) groups is 1. The minimum Gasteiger partial charge on any atom is -0.370 e. The number of hydrogen-bond donors (Lipinski definition) is 2. The van der Waals surface area contributed by atoms with Gasteiger partial charge < -0.3 is 11.1 Å². The molecule has 1 spiro atoms. The Morgan fingerprint density at radius 1 is 1.46 bits per heavy atom. The molecule has 2 aliphatic heterocycles. The van der Waals surface area contributed by atoms with Crippen LogP contribution < -0.4 is 11.1 Å². The molecule has 74 valence electrons. The summed E-state index contributed by atoms with van der Waals surface area (Å²) in [7, 11) is 0. The Bertz CT molecular complexity index is 249. The van der Waals surface area contributed by atoms with Gasteiger partial charge in [0.05, 0.1) is 12.1 Å². The third kappa shape index (κ3) is 1.77. The topological polar surface area (TPSA) is 50.4 Å².